The van der Waals surface area contributed by atoms with Crippen molar-refractivity contribution in [1.82, 2.24) is 0 Å². The molecule has 0 bridgehead atoms. The van der Waals surface area contributed by atoms with Crippen LogP contribution in [0.2, 0.25) is 0 Å². The van der Waals surface area contributed by atoms with Crippen molar-refractivity contribution >= 4 is 0 Å². The van der Waals surface area contributed by atoms with E-state index in [0.717, 1.165) is 32.1 Å². The zero-order valence-corrected chi connectivity index (χ0v) is 7.42. The van der Waals surface area contributed by atoms with Crippen molar-refractivity contribution in [2.24, 2.45) is 11.7 Å². The number of hydrogen-bond donors (Lipinski definition) is 2. The maximum atomic E-state index is 9.99. The predicted molar refractivity (Wildman–Crippen MR) is 49.4 cm³/mol. The molecule has 1 fully saturated rings. The molecule has 0 spiro atoms. The molecule has 0 radical (unpaired) electrons. The van der Waals surface area contributed by atoms with Crippen molar-refractivity contribution in [3.05, 3.63) is 0 Å². The molecule has 0 aromatic rings. The normalized spacial score (nSPS) is 21.4. The van der Waals surface area contributed by atoms with Crippen LogP contribution in [-0.2, 0) is 0 Å². The lowest BCUT2D eigenvalue weighted by Gasteiger charge is -2.25. The minimum absolute atomic E-state index is 0.377. The fourth-order valence-corrected chi connectivity index (χ4v) is 1.59. The molecule has 1 unspecified atom stereocenters. The second-order valence-corrected chi connectivity index (χ2v) is 3.64. The summed E-state index contributed by atoms with van der Waals surface area (Å²) in [5.41, 5.74) is 4.91. The largest absolute Gasteiger partial charge is 0.388 e. The zero-order valence-electron chi connectivity index (χ0n) is 7.42. The van der Waals surface area contributed by atoms with Crippen LogP contribution in [0, 0.1) is 18.3 Å². The van der Waals surface area contributed by atoms with Crippen molar-refractivity contribution in [2.45, 2.75) is 37.7 Å². The van der Waals surface area contributed by atoms with Crippen LogP contribution in [0.4, 0.5) is 0 Å². The molecular weight excluding hydrogens is 150 g/mol. The van der Waals surface area contributed by atoms with Crippen molar-refractivity contribution in [1.29, 1.82) is 0 Å². The number of nitrogens with two attached hydrogens (primary N) is 1. The summed E-state index contributed by atoms with van der Waals surface area (Å²) in [6.07, 6.45) is 9.78. The van der Waals surface area contributed by atoms with Crippen LogP contribution in [0.5, 0.6) is 0 Å². The van der Waals surface area contributed by atoms with Gasteiger partial charge in [0.15, 0.2) is 0 Å². The van der Waals surface area contributed by atoms with E-state index >= 15 is 0 Å². The van der Waals surface area contributed by atoms with Gasteiger partial charge in [0.25, 0.3) is 0 Å². The summed E-state index contributed by atoms with van der Waals surface area (Å²) in [5, 5.41) is 9.99. The molecule has 0 amide bonds. The number of hydrogen-bond acceptors (Lipinski definition) is 2. The fourth-order valence-electron chi connectivity index (χ4n) is 1.59. The van der Waals surface area contributed by atoms with Gasteiger partial charge in [-0.15, -0.1) is 12.3 Å². The third-order valence-corrected chi connectivity index (χ3v) is 2.62. The maximum Gasteiger partial charge on any atom is 0.0797 e. The molecule has 1 atom stereocenters. The van der Waals surface area contributed by atoms with Crippen LogP contribution in [0.3, 0.4) is 0 Å². The van der Waals surface area contributed by atoms with Crippen LogP contribution in [0.1, 0.15) is 32.1 Å². The summed E-state index contributed by atoms with van der Waals surface area (Å²) < 4.78 is 0. The van der Waals surface area contributed by atoms with Gasteiger partial charge >= 0.3 is 0 Å². The Morgan fingerprint density at radius 3 is 2.67 bits per heavy atom. The molecule has 1 saturated carbocycles. The van der Waals surface area contributed by atoms with Gasteiger partial charge in [-0.2, -0.15) is 0 Å². The van der Waals surface area contributed by atoms with Gasteiger partial charge in [-0.25, -0.2) is 0 Å². The molecule has 1 aliphatic rings. The number of terminal acetylenes is 1. The Bertz CT molecular complexity index is 181. The first-order valence-electron chi connectivity index (χ1n) is 4.59. The summed E-state index contributed by atoms with van der Waals surface area (Å²) in [4.78, 5) is 0. The lowest BCUT2D eigenvalue weighted by Crippen LogP contribution is -2.39. The predicted octanol–water partition coefficient (Wildman–Crippen LogP) is 0.890. The lowest BCUT2D eigenvalue weighted by molar-refractivity contribution is 0.0163. The van der Waals surface area contributed by atoms with Crippen molar-refractivity contribution < 1.29 is 5.11 Å². The van der Waals surface area contributed by atoms with Crippen molar-refractivity contribution in [3.63, 3.8) is 0 Å². The highest BCUT2D eigenvalue weighted by Crippen LogP contribution is 2.41. The van der Waals surface area contributed by atoms with E-state index in [-0.39, 0.29) is 0 Å². The first-order chi connectivity index (χ1) is 5.73. The Labute approximate surface area is 74.2 Å². The van der Waals surface area contributed by atoms with Crippen LogP contribution in [-0.4, -0.2) is 17.3 Å². The minimum atomic E-state index is -0.614. The van der Waals surface area contributed by atoms with Crippen LogP contribution in [0.25, 0.3) is 0 Å². The van der Waals surface area contributed by atoms with Gasteiger partial charge in [-0.3, -0.25) is 0 Å². The highest BCUT2D eigenvalue weighted by Gasteiger charge is 2.41. The minimum Gasteiger partial charge on any atom is -0.388 e. The number of unbranched alkanes of at least 4 members (excludes halogenated alkanes) is 1. The quantitative estimate of drug-likeness (QED) is 0.472. The van der Waals surface area contributed by atoms with Gasteiger partial charge in [0.2, 0.25) is 0 Å². The average molecular weight is 167 g/mol. The lowest BCUT2D eigenvalue weighted by atomic mass is 9.91. The molecule has 2 heteroatoms. The summed E-state index contributed by atoms with van der Waals surface area (Å²) >= 11 is 0. The van der Waals surface area contributed by atoms with Gasteiger partial charge < -0.3 is 10.8 Å². The molecule has 1 rings (SSSR count). The highest BCUT2D eigenvalue weighted by molar-refractivity contribution is 4.96. The third kappa shape index (κ3) is 2.23. The highest BCUT2D eigenvalue weighted by atomic mass is 16.3. The van der Waals surface area contributed by atoms with E-state index in [1.807, 2.05) is 0 Å². The second-order valence-electron chi connectivity index (χ2n) is 3.64. The van der Waals surface area contributed by atoms with E-state index in [2.05, 4.69) is 5.92 Å². The summed E-state index contributed by atoms with van der Waals surface area (Å²) in [6, 6.07) is 0. The molecule has 68 valence electrons. The number of rotatable bonds is 5. The Balaban J connectivity index is 2.29. The Morgan fingerprint density at radius 2 is 2.25 bits per heavy atom. The Hall–Kier alpha value is -0.520. The van der Waals surface area contributed by atoms with E-state index < -0.39 is 5.60 Å². The van der Waals surface area contributed by atoms with Crippen molar-refractivity contribution in [2.75, 3.05) is 6.54 Å². The van der Waals surface area contributed by atoms with Crippen LogP contribution >= 0.6 is 0 Å². The molecule has 0 saturated heterocycles. The molecule has 0 heterocycles. The maximum absolute atomic E-state index is 9.99. The summed E-state index contributed by atoms with van der Waals surface area (Å²) in [5.74, 6) is 3.02. The third-order valence-electron chi connectivity index (χ3n) is 2.62. The molecule has 1 aliphatic carbocycles. The van der Waals surface area contributed by atoms with Gasteiger partial charge in [0.1, 0.15) is 0 Å². The van der Waals surface area contributed by atoms with E-state index in [9.17, 15) is 5.11 Å². The van der Waals surface area contributed by atoms with Crippen LogP contribution in [0.15, 0.2) is 0 Å². The Morgan fingerprint density at radius 1 is 1.58 bits per heavy atom. The number of aliphatic hydroxyl groups is 1. The van der Waals surface area contributed by atoms with E-state index in [1.165, 1.54) is 0 Å². The van der Waals surface area contributed by atoms with E-state index in [0.29, 0.717) is 12.5 Å². The standard InChI is InChI=1S/C10H17NO/c1-2-3-4-7-10(12,8-11)9-5-6-9/h1,9,12H,3-8,11H2. The van der Waals surface area contributed by atoms with Gasteiger partial charge in [-0.05, 0) is 31.6 Å². The van der Waals surface area contributed by atoms with Crippen molar-refractivity contribution in [3.8, 4) is 12.3 Å². The smallest absolute Gasteiger partial charge is 0.0797 e. The molecule has 0 aromatic heterocycles. The topological polar surface area (TPSA) is 46.2 Å². The molecule has 2 nitrogen and oxygen atoms in total. The van der Waals surface area contributed by atoms with E-state index in [1.54, 1.807) is 0 Å². The monoisotopic (exact) mass is 167 g/mol. The zero-order chi connectivity index (χ0) is 9.03. The SMILES string of the molecule is C#CCCCC(O)(CN)C1CC1. The Kier molecular flexibility index (Phi) is 3.13. The van der Waals surface area contributed by atoms with Gasteiger partial charge in [0.05, 0.1) is 5.60 Å². The van der Waals surface area contributed by atoms with Gasteiger partial charge in [0, 0.05) is 13.0 Å². The first-order valence-corrected chi connectivity index (χ1v) is 4.59. The molecular formula is C10H17NO. The second kappa shape index (κ2) is 3.93. The molecule has 12 heavy (non-hydrogen) atoms. The average Bonchev–Trinajstić information content (AvgIpc) is 2.87. The molecule has 0 aliphatic heterocycles. The molecule has 0 aromatic carbocycles. The van der Waals surface area contributed by atoms with Gasteiger partial charge in [-0.1, -0.05) is 0 Å². The molecule has 3 N–H and O–H groups in total. The van der Waals surface area contributed by atoms with Crippen LogP contribution < -0.4 is 5.73 Å². The fraction of sp³-hybridized carbons (Fsp3) is 0.800. The summed E-state index contributed by atoms with van der Waals surface area (Å²) in [6.45, 7) is 0.377. The first kappa shape index (κ1) is 9.57. The van der Waals surface area contributed by atoms with E-state index in [4.69, 9.17) is 12.2 Å². The summed E-state index contributed by atoms with van der Waals surface area (Å²) in [7, 11) is 0.